The number of methoxy groups -OCH3 is 1. The highest BCUT2D eigenvalue weighted by Crippen LogP contribution is 2.27. The largest absolute Gasteiger partial charge is 0.497 e. The number of hydrogen-bond donors (Lipinski definition) is 1. The Hall–Kier alpha value is -3.02. The van der Waals surface area contributed by atoms with Crippen molar-refractivity contribution >= 4 is 23.2 Å². The van der Waals surface area contributed by atoms with Gasteiger partial charge in [-0.05, 0) is 30.2 Å². The molecule has 1 aliphatic heterocycles. The van der Waals surface area contributed by atoms with Gasteiger partial charge in [-0.3, -0.25) is 9.59 Å². The van der Waals surface area contributed by atoms with Gasteiger partial charge >= 0.3 is 0 Å². The molecule has 0 atom stereocenters. The van der Waals surface area contributed by atoms with E-state index >= 15 is 0 Å². The number of ether oxygens (including phenoxy) is 1. The molecule has 2 aromatic rings. The second kappa shape index (κ2) is 7.91. The lowest BCUT2D eigenvalue weighted by Crippen LogP contribution is -2.41. The minimum absolute atomic E-state index is 0.00549. The summed E-state index contributed by atoms with van der Waals surface area (Å²) in [5, 5.41) is 2.79. The van der Waals surface area contributed by atoms with Crippen LogP contribution in [-0.2, 0) is 16.0 Å². The average molecular weight is 353 g/mol. The summed E-state index contributed by atoms with van der Waals surface area (Å²) in [6, 6.07) is 15.2. The number of anilines is 2. The van der Waals surface area contributed by atoms with Gasteiger partial charge in [-0.25, -0.2) is 0 Å². The molecule has 1 aliphatic rings. The van der Waals surface area contributed by atoms with E-state index in [2.05, 4.69) is 16.3 Å². The number of para-hydroxylation sites is 1. The Morgan fingerprint density at radius 1 is 1.19 bits per heavy atom. The highest BCUT2D eigenvalue weighted by atomic mass is 16.5. The molecule has 0 radical (unpaired) electrons. The van der Waals surface area contributed by atoms with Crippen molar-refractivity contribution in [3.8, 4) is 5.75 Å². The first-order valence-corrected chi connectivity index (χ1v) is 8.57. The van der Waals surface area contributed by atoms with Gasteiger partial charge in [-0.2, -0.15) is 0 Å². The summed E-state index contributed by atoms with van der Waals surface area (Å²) >= 11 is 0. The molecule has 0 spiro atoms. The van der Waals surface area contributed by atoms with Crippen molar-refractivity contribution in [1.29, 1.82) is 0 Å². The van der Waals surface area contributed by atoms with E-state index < -0.39 is 0 Å². The van der Waals surface area contributed by atoms with Crippen molar-refractivity contribution in [2.75, 3.05) is 44.0 Å². The van der Waals surface area contributed by atoms with Crippen LogP contribution in [-0.4, -0.2) is 50.5 Å². The lowest BCUT2D eigenvalue weighted by atomic mass is 10.2. The Morgan fingerprint density at radius 3 is 2.81 bits per heavy atom. The van der Waals surface area contributed by atoms with E-state index in [1.165, 1.54) is 10.5 Å². The number of nitrogens with zero attached hydrogens (tertiary/aromatic N) is 2. The van der Waals surface area contributed by atoms with Gasteiger partial charge in [-0.1, -0.05) is 24.3 Å². The molecule has 0 unspecified atom stereocenters. The van der Waals surface area contributed by atoms with E-state index in [9.17, 15) is 9.59 Å². The first-order valence-electron chi connectivity index (χ1n) is 8.57. The minimum atomic E-state index is -0.240. The van der Waals surface area contributed by atoms with Crippen LogP contribution in [0.2, 0.25) is 0 Å². The molecule has 0 aliphatic carbocycles. The topological polar surface area (TPSA) is 61.9 Å². The van der Waals surface area contributed by atoms with Gasteiger partial charge in [0.25, 0.3) is 0 Å². The Labute approximate surface area is 153 Å². The number of benzene rings is 2. The van der Waals surface area contributed by atoms with E-state index in [1.54, 1.807) is 38.4 Å². The fraction of sp³-hybridized carbons (Fsp3) is 0.300. The third-order valence-electron chi connectivity index (χ3n) is 4.47. The van der Waals surface area contributed by atoms with Gasteiger partial charge in [-0.15, -0.1) is 0 Å². The van der Waals surface area contributed by atoms with E-state index in [1.807, 2.05) is 18.2 Å². The molecule has 2 amide bonds. The number of nitrogens with one attached hydrogen (secondary N) is 1. The number of carbonyl (C=O) groups is 2. The van der Waals surface area contributed by atoms with Gasteiger partial charge < -0.3 is 19.9 Å². The molecule has 0 bridgehead atoms. The molecule has 3 rings (SSSR count). The van der Waals surface area contributed by atoms with Crippen LogP contribution in [0.4, 0.5) is 11.4 Å². The van der Waals surface area contributed by atoms with Crippen molar-refractivity contribution in [2.24, 2.45) is 0 Å². The summed E-state index contributed by atoms with van der Waals surface area (Å²) in [4.78, 5) is 28.2. The van der Waals surface area contributed by atoms with E-state index in [-0.39, 0.29) is 24.9 Å². The molecule has 1 heterocycles. The Morgan fingerprint density at radius 2 is 2.00 bits per heavy atom. The minimum Gasteiger partial charge on any atom is -0.497 e. The monoisotopic (exact) mass is 353 g/mol. The van der Waals surface area contributed by atoms with Crippen LogP contribution in [0.25, 0.3) is 0 Å². The summed E-state index contributed by atoms with van der Waals surface area (Å²) in [7, 11) is 3.22. The van der Waals surface area contributed by atoms with Gasteiger partial charge in [0.15, 0.2) is 0 Å². The highest BCUT2D eigenvalue weighted by Gasteiger charge is 2.22. The molecule has 136 valence electrons. The van der Waals surface area contributed by atoms with Crippen LogP contribution < -0.4 is 15.0 Å². The molecule has 0 saturated heterocycles. The maximum absolute atomic E-state index is 12.5. The highest BCUT2D eigenvalue weighted by molar-refractivity contribution is 5.95. The summed E-state index contributed by atoms with van der Waals surface area (Å²) in [6.07, 6.45) is 0.948. The van der Waals surface area contributed by atoms with Crippen LogP contribution >= 0.6 is 0 Å². The van der Waals surface area contributed by atoms with E-state index in [4.69, 9.17) is 4.74 Å². The average Bonchev–Trinajstić information content (AvgIpc) is 3.04. The molecular weight excluding hydrogens is 330 g/mol. The third-order valence-corrected chi connectivity index (χ3v) is 4.47. The Bertz CT molecular complexity index is 806. The van der Waals surface area contributed by atoms with Crippen molar-refractivity contribution in [3.63, 3.8) is 0 Å². The zero-order valence-corrected chi connectivity index (χ0v) is 15.1. The second-order valence-corrected chi connectivity index (χ2v) is 6.33. The first kappa shape index (κ1) is 17.8. The van der Waals surface area contributed by atoms with Gasteiger partial charge in [0.1, 0.15) is 5.75 Å². The van der Waals surface area contributed by atoms with Crippen LogP contribution in [0.15, 0.2) is 48.5 Å². The SMILES string of the molecule is COc1cccc(NC(=O)CN(C)C(=O)CN2CCc3ccccc32)c1. The smallest absolute Gasteiger partial charge is 0.243 e. The fourth-order valence-electron chi connectivity index (χ4n) is 3.06. The molecule has 6 heteroatoms. The number of amides is 2. The summed E-state index contributed by atoms with van der Waals surface area (Å²) in [6.45, 7) is 1.11. The molecule has 1 N–H and O–H groups in total. The van der Waals surface area contributed by atoms with Gasteiger partial charge in [0.05, 0.1) is 20.2 Å². The zero-order chi connectivity index (χ0) is 18.5. The number of rotatable bonds is 6. The number of fused-ring (bicyclic) bond motifs is 1. The van der Waals surface area contributed by atoms with Crippen LogP contribution in [0.5, 0.6) is 5.75 Å². The van der Waals surface area contributed by atoms with Crippen molar-refractivity contribution < 1.29 is 14.3 Å². The molecule has 26 heavy (non-hydrogen) atoms. The van der Waals surface area contributed by atoms with Crippen molar-refractivity contribution in [2.45, 2.75) is 6.42 Å². The Balaban J connectivity index is 1.53. The maximum Gasteiger partial charge on any atom is 0.243 e. The molecule has 0 aromatic heterocycles. The third kappa shape index (κ3) is 4.14. The lowest BCUT2D eigenvalue weighted by molar-refractivity contribution is -0.132. The summed E-state index contributed by atoms with van der Waals surface area (Å²) in [5.41, 5.74) is 3.01. The summed E-state index contributed by atoms with van der Waals surface area (Å²) < 4.78 is 5.14. The predicted molar refractivity (Wildman–Crippen MR) is 102 cm³/mol. The van der Waals surface area contributed by atoms with E-state index in [0.717, 1.165) is 18.7 Å². The van der Waals surface area contributed by atoms with Crippen LogP contribution in [0.1, 0.15) is 5.56 Å². The zero-order valence-electron chi connectivity index (χ0n) is 15.1. The standard InChI is InChI=1S/C20H23N3O3/c1-22(13-19(24)21-16-7-5-8-17(12-16)26-2)20(25)14-23-11-10-15-6-3-4-9-18(15)23/h3-9,12H,10-11,13-14H2,1-2H3,(H,21,24). The van der Waals surface area contributed by atoms with Crippen LogP contribution in [0.3, 0.4) is 0 Å². The van der Waals surface area contributed by atoms with E-state index in [0.29, 0.717) is 11.4 Å². The van der Waals surface area contributed by atoms with Gasteiger partial charge in [0, 0.05) is 31.0 Å². The molecule has 6 nitrogen and oxygen atoms in total. The molecule has 0 fully saturated rings. The van der Waals surface area contributed by atoms with Gasteiger partial charge in [0.2, 0.25) is 11.8 Å². The fourth-order valence-corrected chi connectivity index (χ4v) is 3.06. The lowest BCUT2D eigenvalue weighted by Gasteiger charge is -2.23. The molecular formula is C20H23N3O3. The number of carbonyl (C=O) groups excluding carboxylic acids is 2. The first-order chi connectivity index (χ1) is 12.6. The predicted octanol–water partition coefficient (Wildman–Crippen LogP) is 2.15. The normalized spacial score (nSPS) is 12.5. The second-order valence-electron chi connectivity index (χ2n) is 6.33. The van der Waals surface area contributed by atoms with Crippen molar-refractivity contribution in [1.82, 2.24) is 4.90 Å². The summed E-state index contributed by atoms with van der Waals surface area (Å²) in [5.74, 6) is 0.346. The number of likely N-dealkylation sites (N-methyl/N-ethyl adjacent to an activating group) is 1. The number of hydrogen-bond acceptors (Lipinski definition) is 4. The van der Waals surface area contributed by atoms with Crippen molar-refractivity contribution in [3.05, 3.63) is 54.1 Å². The molecule has 2 aromatic carbocycles. The molecule has 0 saturated carbocycles. The maximum atomic E-state index is 12.5. The quantitative estimate of drug-likeness (QED) is 0.864. The Kier molecular flexibility index (Phi) is 5.41. The van der Waals surface area contributed by atoms with Crippen LogP contribution in [0, 0.1) is 0 Å².